The molecule has 2 saturated heterocycles. The molecule has 2 heterocycles. The lowest BCUT2D eigenvalue weighted by molar-refractivity contribution is -0.147. The van der Waals surface area contributed by atoms with Gasteiger partial charge in [0, 0.05) is 25.7 Å². The largest absolute Gasteiger partial charge is 0.480 e. The van der Waals surface area contributed by atoms with E-state index in [1.807, 2.05) is 0 Å². The summed E-state index contributed by atoms with van der Waals surface area (Å²) in [4.78, 5) is 38.4. The van der Waals surface area contributed by atoms with E-state index in [9.17, 15) is 14.4 Å². The number of fused-ring (bicyclic) bond motifs is 1. The third-order valence-corrected chi connectivity index (χ3v) is 4.07. The van der Waals surface area contributed by atoms with Gasteiger partial charge in [0.1, 0.15) is 6.04 Å². The molecular weight excluding hydrogens is 278 g/mol. The van der Waals surface area contributed by atoms with E-state index < -0.39 is 24.0 Å². The van der Waals surface area contributed by atoms with Gasteiger partial charge in [-0.15, -0.1) is 0 Å². The van der Waals surface area contributed by atoms with E-state index in [1.54, 1.807) is 4.90 Å². The van der Waals surface area contributed by atoms with E-state index in [-0.39, 0.29) is 6.42 Å². The van der Waals surface area contributed by atoms with Gasteiger partial charge in [-0.05, 0) is 19.4 Å². The van der Waals surface area contributed by atoms with Gasteiger partial charge < -0.3 is 20.1 Å². The Balaban J connectivity index is 1.89. The maximum Gasteiger partial charge on any atom is 0.326 e. The number of piperazine rings is 1. The molecule has 0 aromatic carbocycles. The van der Waals surface area contributed by atoms with Crippen LogP contribution in [-0.2, 0) is 14.3 Å². The molecule has 2 atom stereocenters. The smallest absolute Gasteiger partial charge is 0.326 e. The molecule has 0 aromatic rings. The fourth-order valence-corrected chi connectivity index (χ4v) is 2.87. The van der Waals surface area contributed by atoms with Crippen LogP contribution in [0, 0.1) is 0 Å². The van der Waals surface area contributed by atoms with Crippen molar-refractivity contribution in [3.05, 3.63) is 0 Å². The third-order valence-electron chi connectivity index (χ3n) is 4.07. The van der Waals surface area contributed by atoms with Gasteiger partial charge in [0.25, 0.3) is 0 Å². The van der Waals surface area contributed by atoms with E-state index in [1.165, 1.54) is 7.11 Å². The maximum absolute atomic E-state index is 12.2. The topological polar surface area (TPSA) is 99.2 Å². The van der Waals surface area contributed by atoms with Crippen LogP contribution in [0.1, 0.15) is 19.3 Å². The van der Waals surface area contributed by atoms with Gasteiger partial charge >= 0.3 is 18.0 Å². The molecule has 0 saturated carbocycles. The summed E-state index contributed by atoms with van der Waals surface area (Å²) >= 11 is 0. The summed E-state index contributed by atoms with van der Waals surface area (Å²) in [7, 11) is 1.18. The maximum atomic E-state index is 12.2. The number of nitrogens with one attached hydrogen (secondary N) is 1. The summed E-state index contributed by atoms with van der Waals surface area (Å²) in [6.07, 6.45) is 1.83. The minimum Gasteiger partial charge on any atom is -0.480 e. The zero-order valence-corrected chi connectivity index (χ0v) is 12.1. The van der Waals surface area contributed by atoms with Gasteiger partial charge in [-0.25, -0.2) is 9.59 Å². The highest BCUT2D eigenvalue weighted by Crippen LogP contribution is 2.21. The second-order valence-electron chi connectivity index (χ2n) is 5.40. The minimum atomic E-state index is -1.26. The van der Waals surface area contributed by atoms with Crippen LogP contribution in [0.5, 0.6) is 0 Å². The van der Waals surface area contributed by atoms with E-state index in [0.717, 1.165) is 25.9 Å². The summed E-state index contributed by atoms with van der Waals surface area (Å²) in [5.74, 6) is -1.91. The highest BCUT2D eigenvalue weighted by atomic mass is 16.5. The van der Waals surface area contributed by atoms with Crippen LogP contribution in [-0.4, -0.2) is 78.2 Å². The number of amides is 2. The van der Waals surface area contributed by atoms with Crippen molar-refractivity contribution in [1.82, 2.24) is 15.1 Å². The predicted molar refractivity (Wildman–Crippen MR) is 72.8 cm³/mol. The van der Waals surface area contributed by atoms with E-state index >= 15 is 0 Å². The summed E-state index contributed by atoms with van der Waals surface area (Å²) in [5.41, 5.74) is 0. The summed E-state index contributed by atoms with van der Waals surface area (Å²) < 4.78 is 4.44. The van der Waals surface area contributed by atoms with E-state index in [2.05, 4.69) is 15.0 Å². The molecule has 0 spiro atoms. The molecule has 2 rings (SSSR count). The number of hydrogen-bond acceptors (Lipinski definition) is 5. The van der Waals surface area contributed by atoms with Crippen molar-refractivity contribution in [2.75, 3.05) is 33.3 Å². The van der Waals surface area contributed by atoms with E-state index in [0.29, 0.717) is 19.1 Å². The molecular formula is C13H21N3O5. The van der Waals surface area contributed by atoms with Gasteiger partial charge in [0.15, 0.2) is 0 Å². The number of carbonyl (C=O) groups excluding carboxylic acids is 2. The second kappa shape index (κ2) is 6.75. The van der Waals surface area contributed by atoms with Crippen LogP contribution in [0.2, 0.25) is 0 Å². The number of aliphatic carboxylic acids is 1. The average molecular weight is 299 g/mol. The molecule has 118 valence electrons. The molecule has 8 heteroatoms. The molecule has 21 heavy (non-hydrogen) atoms. The molecule has 2 aliphatic heterocycles. The predicted octanol–water partition coefficient (Wildman–Crippen LogP) is -0.508. The van der Waals surface area contributed by atoms with Crippen molar-refractivity contribution < 1.29 is 24.2 Å². The zero-order chi connectivity index (χ0) is 15.4. The quantitative estimate of drug-likeness (QED) is 0.679. The van der Waals surface area contributed by atoms with Gasteiger partial charge in [0.05, 0.1) is 13.5 Å². The first kappa shape index (κ1) is 15.6. The lowest BCUT2D eigenvalue weighted by Crippen LogP contribution is -2.57. The molecule has 2 N–H and O–H groups in total. The Morgan fingerprint density at radius 1 is 1.33 bits per heavy atom. The molecule has 8 nitrogen and oxygen atoms in total. The van der Waals surface area contributed by atoms with Crippen LogP contribution in [0.3, 0.4) is 0 Å². The van der Waals surface area contributed by atoms with Crippen molar-refractivity contribution in [2.45, 2.75) is 31.3 Å². The minimum absolute atomic E-state index is 0.369. The fraction of sp³-hybridized carbons (Fsp3) is 0.769. The molecule has 2 fully saturated rings. The number of carbonyl (C=O) groups is 3. The molecule has 2 aliphatic rings. The Kier molecular flexibility index (Phi) is 5.00. The number of methoxy groups -OCH3 is 1. The highest BCUT2D eigenvalue weighted by Gasteiger charge is 2.34. The normalized spacial score (nSPS) is 23.3. The summed E-state index contributed by atoms with van der Waals surface area (Å²) in [5, 5.41) is 11.5. The highest BCUT2D eigenvalue weighted by molar-refractivity contribution is 5.86. The first-order valence-electron chi connectivity index (χ1n) is 7.10. The van der Waals surface area contributed by atoms with Crippen LogP contribution < -0.4 is 5.32 Å². The van der Waals surface area contributed by atoms with Crippen molar-refractivity contribution in [3.63, 3.8) is 0 Å². The van der Waals surface area contributed by atoms with Crippen molar-refractivity contribution in [1.29, 1.82) is 0 Å². The summed E-state index contributed by atoms with van der Waals surface area (Å²) in [6, 6.07) is -1.32. The Morgan fingerprint density at radius 3 is 2.76 bits per heavy atom. The molecule has 0 aromatic heterocycles. The number of esters is 1. The third kappa shape index (κ3) is 3.84. The van der Waals surface area contributed by atoms with Crippen LogP contribution in [0.4, 0.5) is 4.79 Å². The lowest BCUT2D eigenvalue weighted by atomic mass is 10.1. The van der Waals surface area contributed by atoms with E-state index in [4.69, 9.17) is 5.11 Å². The van der Waals surface area contributed by atoms with Crippen molar-refractivity contribution in [3.8, 4) is 0 Å². The Bertz CT molecular complexity index is 428. The zero-order valence-electron chi connectivity index (χ0n) is 12.1. The summed E-state index contributed by atoms with van der Waals surface area (Å²) in [6.45, 7) is 3.07. The van der Waals surface area contributed by atoms with Crippen LogP contribution >= 0.6 is 0 Å². The number of carboxylic acid groups (broad SMARTS) is 1. The average Bonchev–Trinajstić information content (AvgIpc) is 2.93. The fourth-order valence-electron chi connectivity index (χ4n) is 2.87. The second-order valence-corrected chi connectivity index (χ2v) is 5.40. The Labute approximate surface area is 123 Å². The Morgan fingerprint density at radius 2 is 2.10 bits per heavy atom. The molecule has 0 radical (unpaired) electrons. The van der Waals surface area contributed by atoms with Crippen LogP contribution in [0.15, 0.2) is 0 Å². The van der Waals surface area contributed by atoms with Crippen LogP contribution in [0.25, 0.3) is 0 Å². The lowest BCUT2D eigenvalue weighted by Gasteiger charge is -2.37. The number of rotatable bonds is 4. The number of urea groups is 1. The molecule has 0 bridgehead atoms. The van der Waals surface area contributed by atoms with Gasteiger partial charge in [0.2, 0.25) is 0 Å². The molecule has 2 amide bonds. The van der Waals surface area contributed by atoms with Crippen molar-refractivity contribution in [2.24, 2.45) is 0 Å². The number of nitrogens with zero attached hydrogens (tertiary/aromatic N) is 2. The molecule has 1 unspecified atom stereocenters. The standard InChI is InChI=1S/C13H21N3O5/c1-21-11(17)7-10(12(18)19)14-13(20)16-6-5-15-4-2-3-9(15)8-16/h9-10H,2-8H2,1H3,(H,14,20)(H,18,19)/t9?,10-/m0/s1. The number of carboxylic acids is 1. The van der Waals surface area contributed by atoms with Gasteiger partial charge in [-0.1, -0.05) is 0 Å². The number of hydrogen-bond donors (Lipinski definition) is 2. The van der Waals surface area contributed by atoms with Gasteiger partial charge in [-0.3, -0.25) is 9.69 Å². The first-order chi connectivity index (χ1) is 10.0. The SMILES string of the molecule is COC(=O)C[C@H](NC(=O)N1CCN2CCCC2C1)C(=O)O. The number of ether oxygens (including phenoxy) is 1. The molecule has 0 aliphatic carbocycles. The Hall–Kier alpha value is -1.83. The van der Waals surface area contributed by atoms with Gasteiger partial charge in [-0.2, -0.15) is 0 Å². The monoisotopic (exact) mass is 299 g/mol. The first-order valence-corrected chi connectivity index (χ1v) is 7.10. The van der Waals surface area contributed by atoms with Crippen molar-refractivity contribution >= 4 is 18.0 Å².